The quantitative estimate of drug-likeness (QED) is 0.843. The number of aryl methyl sites for hydroxylation is 1. The van der Waals surface area contributed by atoms with Crippen LogP contribution in [0.15, 0.2) is 30.5 Å². The average molecular weight is 346 g/mol. The first-order chi connectivity index (χ1) is 11.6. The first kappa shape index (κ1) is 16.9. The van der Waals surface area contributed by atoms with Gasteiger partial charge >= 0.3 is 5.97 Å². The lowest BCUT2D eigenvalue weighted by Crippen LogP contribution is -2.47. The van der Waals surface area contributed by atoms with E-state index in [-0.39, 0.29) is 18.4 Å². The number of carbonyl (C=O) groups excluding carboxylic acids is 1. The summed E-state index contributed by atoms with van der Waals surface area (Å²) in [6, 6.07) is 8.00. The molecule has 1 unspecified atom stereocenters. The van der Waals surface area contributed by atoms with Crippen molar-refractivity contribution in [2.24, 2.45) is 0 Å². The van der Waals surface area contributed by atoms with Crippen LogP contribution in [0.5, 0.6) is 0 Å². The highest BCUT2D eigenvalue weighted by Crippen LogP contribution is 2.22. The van der Waals surface area contributed by atoms with Gasteiger partial charge in [-0.25, -0.2) is 0 Å². The number of thioether (sulfide) groups is 1. The molecule has 0 saturated carbocycles. The molecule has 1 atom stereocenters. The number of amides is 1. The van der Waals surface area contributed by atoms with E-state index in [1.165, 1.54) is 10.9 Å². The summed E-state index contributed by atoms with van der Waals surface area (Å²) in [5.74, 6) is 0.866. The van der Waals surface area contributed by atoms with Crippen LogP contribution < -0.4 is 0 Å². The highest BCUT2D eigenvalue weighted by molar-refractivity contribution is 7.99. The number of nitrogens with zero attached hydrogens (tertiary/aromatic N) is 1. The summed E-state index contributed by atoms with van der Waals surface area (Å²) in [4.78, 5) is 28.5. The van der Waals surface area contributed by atoms with Crippen molar-refractivity contribution in [3.05, 3.63) is 36.0 Å². The van der Waals surface area contributed by atoms with Gasteiger partial charge in [-0.05, 0) is 24.5 Å². The maximum atomic E-state index is 12.5. The zero-order chi connectivity index (χ0) is 16.9. The van der Waals surface area contributed by atoms with Gasteiger partial charge < -0.3 is 15.0 Å². The van der Waals surface area contributed by atoms with Gasteiger partial charge in [0.2, 0.25) is 5.91 Å². The predicted octanol–water partition coefficient (Wildman–Crippen LogP) is 2.91. The number of hydrogen-bond acceptors (Lipinski definition) is 3. The number of aromatic amines is 1. The van der Waals surface area contributed by atoms with Crippen molar-refractivity contribution in [1.29, 1.82) is 0 Å². The number of rotatable bonds is 6. The molecule has 6 heteroatoms. The number of hydrogen-bond donors (Lipinski definition) is 2. The molecule has 0 aliphatic carbocycles. The van der Waals surface area contributed by atoms with Gasteiger partial charge in [0.15, 0.2) is 0 Å². The van der Waals surface area contributed by atoms with Crippen molar-refractivity contribution in [3.63, 3.8) is 0 Å². The Bertz CT molecular complexity index is 728. The highest BCUT2D eigenvalue weighted by atomic mass is 32.2. The summed E-state index contributed by atoms with van der Waals surface area (Å²) < 4.78 is 0. The Morgan fingerprint density at radius 3 is 3.00 bits per heavy atom. The Kier molecular flexibility index (Phi) is 5.45. The summed E-state index contributed by atoms with van der Waals surface area (Å²) >= 11 is 1.73. The number of nitrogens with one attached hydrogen (secondary N) is 1. The van der Waals surface area contributed by atoms with Gasteiger partial charge in [0.1, 0.15) is 0 Å². The van der Waals surface area contributed by atoms with E-state index >= 15 is 0 Å². The lowest BCUT2D eigenvalue weighted by atomic mass is 10.1. The maximum Gasteiger partial charge on any atom is 0.305 e. The van der Waals surface area contributed by atoms with Gasteiger partial charge in [-0.15, -0.1) is 0 Å². The molecule has 5 nitrogen and oxygen atoms in total. The topological polar surface area (TPSA) is 73.4 Å². The zero-order valence-electron chi connectivity index (χ0n) is 13.5. The molecule has 0 spiro atoms. The molecule has 1 aromatic heterocycles. The average Bonchev–Trinajstić information content (AvgIpc) is 2.98. The van der Waals surface area contributed by atoms with Crippen LogP contribution in [0.3, 0.4) is 0 Å². The molecule has 1 aromatic carbocycles. The molecule has 0 bridgehead atoms. The second-order valence-electron chi connectivity index (χ2n) is 6.13. The van der Waals surface area contributed by atoms with Gasteiger partial charge in [-0.3, -0.25) is 9.59 Å². The molecule has 1 fully saturated rings. The molecule has 1 saturated heterocycles. The third-order valence-electron chi connectivity index (χ3n) is 4.47. The van der Waals surface area contributed by atoms with Crippen molar-refractivity contribution in [2.75, 3.05) is 18.1 Å². The Labute approximate surface area is 145 Å². The second kappa shape index (κ2) is 7.75. The number of para-hydroxylation sites is 1. The van der Waals surface area contributed by atoms with Gasteiger partial charge in [-0.2, -0.15) is 11.8 Å². The van der Waals surface area contributed by atoms with E-state index in [0.29, 0.717) is 13.0 Å². The van der Waals surface area contributed by atoms with E-state index in [9.17, 15) is 9.59 Å². The van der Waals surface area contributed by atoms with E-state index in [4.69, 9.17) is 5.11 Å². The highest BCUT2D eigenvalue weighted by Gasteiger charge is 2.28. The molecule has 128 valence electrons. The van der Waals surface area contributed by atoms with Crippen molar-refractivity contribution >= 4 is 34.5 Å². The van der Waals surface area contributed by atoms with Crippen LogP contribution in [0.1, 0.15) is 24.8 Å². The Hall–Kier alpha value is -1.95. The van der Waals surface area contributed by atoms with E-state index < -0.39 is 5.97 Å². The first-order valence-corrected chi connectivity index (χ1v) is 9.44. The van der Waals surface area contributed by atoms with E-state index in [1.54, 1.807) is 16.7 Å². The van der Waals surface area contributed by atoms with Crippen LogP contribution in [0.25, 0.3) is 10.9 Å². The first-order valence-electron chi connectivity index (χ1n) is 8.29. The Morgan fingerprint density at radius 1 is 1.33 bits per heavy atom. The summed E-state index contributed by atoms with van der Waals surface area (Å²) in [6.07, 6.45) is 4.16. The minimum Gasteiger partial charge on any atom is -0.481 e. The lowest BCUT2D eigenvalue weighted by molar-refractivity contribution is -0.140. The van der Waals surface area contributed by atoms with Crippen molar-refractivity contribution < 1.29 is 14.7 Å². The molecule has 3 rings (SSSR count). The predicted molar refractivity (Wildman–Crippen MR) is 96.3 cm³/mol. The molecule has 1 amide bonds. The van der Waals surface area contributed by atoms with Crippen LogP contribution in [0, 0.1) is 0 Å². The molecule has 24 heavy (non-hydrogen) atoms. The Morgan fingerprint density at radius 2 is 2.17 bits per heavy atom. The van der Waals surface area contributed by atoms with Crippen LogP contribution in [-0.4, -0.2) is 51.0 Å². The maximum absolute atomic E-state index is 12.5. The van der Waals surface area contributed by atoms with E-state index in [2.05, 4.69) is 11.1 Å². The van der Waals surface area contributed by atoms with Crippen LogP contribution >= 0.6 is 11.8 Å². The molecule has 2 aromatic rings. The molecule has 2 heterocycles. The van der Waals surface area contributed by atoms with Gasteiger partial charge in [0, 0.05) is 41.6 Å². The standard InChI is InChI=1S/C18H22N2O3S/c21-17(20-8-9-24-12-14(20)10-18(22)23)7-3-4-13-11-19-16-6-2-1-5-15(13)16/h1-2,5-6,11,14,19H,3-4,7-10,12H2,(H,22,23). The minimum absolute atomic E-state index is 0.0428. The second-order valence-corrected chi connectivity index (χ2v) is 7.28. The normalized spacial score (nSPS) is 18.0. The molecule has 0 radical (unpaired) electrons. The molecular weight excluding hydrogens is 324 g/mol. The third kappa shape index (κ3) is 3.93. The number of aliphatic carboxylic acids is 1. The van der Waals surface area contributed by atoms with Gasteiger partial charge in [0.05, 0.1) is 12.5 Å². The van der Waals surface area contributed by atoms with E-state index in [0.717, 1.165) is 29.9 Å². The Balaban J connectivity index is 1.55. The van der Waals surface area contributed by atoms with Gasteiger partial charge in [0.25, 0.3) is 0 Å². The number of fused-ring (bicyclic) bond motifs is 1. The summed E-state index contributed by atoms with van der Waals surface area (Å²) in [5, 5.41) is 10.2. The fourth-order valence-corrected chi connectivity index (χ4v) is 4.33. The van der Waals surface area contributed by atoms with Gasteiger partial charge in [-0.1, -0.05) is 18.2 Å². The third-order valence-corrected chi connectivity index (χ3v) is 5.56. The van der Waals surface area contributed by atoms with Crippen LogP contribution in [-0.2, 0) is 16.0 Å². The SMILES string of the molecule is O=C(O)CC1CSCCN1C(=O)CCCc1c[nH]c2ccccc12. The van der Waals surface area contributed by atoms with Crippen molar-refractivity contribution in [2.45, 2.75) is 31.7 Å². The fourth-order valence-electron chi connectivity index (χ4n) is 3.27. The number of H-pyrrole nitrogens is 1. The van der Waals surface area contributed by atoms with E-state index in [1.807, 2.05) is 24.4 Å². The molecule has 1 aliphatic rings. The molecule has 2 N–H and O–H groups in total. The van der Waals surface area contributed by atoms with Crippen LogP contribution in [0.4, 0.5) is 0 Å². The molecular formula is C18H22N2O3S. The monoisotopic (exact) mass is 346 g/mol. The largest absolute Gasteiger partial charge is 0.481 e. The number of carboxylic acids is 1. The lowest BCUT2D eigenvalue weighted by Gasteiger charge is -2.34. The fraction of sp³-hybridized carbons (Fsp3) is 0.444. The number of aromatic nitrogens is 1. The number of carbonyl (C=O) groups is 2. The summed E-state index contributed by atoms with van der Waals surface area (Å²) in [5.41, 5.74) is 2.35. The van der Waals surface area contributed by atoms with Crippen LogP contribution in [0.2, 0.25) is 0 Å². The van der Waals surface area contributed by atoms with Crippen molar-refractivity contribution in [1.82, 2.24) is 9.88 Å². The molecule has 1 aliphatic heterocycles. The summed E-state index contributed by atoms with van der Waals surface area (Å²) in [7, 11) is 0. The smallest absolute Gasteiger partial charge is 0.305 e. The number of carboxylic acid groups (broad SMARTS) is 1. The van der Waals surface area contributed by atoms with Crippen molar-refractivity contribution in [3.8, 4) is 0 Å². The summed E-state index contributed by atoms with van der Waals surface area (Å²) in [6.45, 7) is 0.661. The number of benzene rings is 1. The zero-order valence-corrected chi connectivity index (χ0v) is 14.3. The minimum atomic E-state index is -0.834.